The highest BCUT2D eigenvalue weighted by Gasteiger charge is 2.39. The zero-order valence-corrected chi connectivity index (χ0v) is 27.3. The van der Waals surface area contributed by atoms with Crippen LogP contribution in [0.3, 0.4) is 0 Å². The molecule has 2 rings (SSSR count). The van der Waals surface area contributed by atoms with E-state index in [1.807, 2.05) is 46.6 Å². The molecular weight excluding hydrogens is 576 g/mol. The summed E-state index contributed by atoms with van der Waals surface area (Å²) in [5.41, 5.74) is -0.169. The Hall–Kier alpha value is -3.06. The van der Waals surface area contributed by atoms with E-state index in [2.05, 4.69) is 10.3 Å². The average molecular weight is 625 g/mol. The zero-order valence-electron chi connectivity index (χ0n) is 26.5. The maximum Gasteiger partial charge on any atom is 0.355 e. The molecule has 2 amide bonds. The molecule has 242 valence electrons. The lowest BCUT2D eigenvalue weighted by Crippen LogP contribution is -2.59. The van der Waals surface area contributed by atoms with Crippen LogP contribution in [0.2, 0.25) is 0 Å². The predicted octanol–water partition coefficient (Wildman–Crippen LogP) is 4.00. The minimum Gasteiger partial charge on any atom is -0.476 e. The van der Waals surface area contributed by atoms with Crippen molar-refractivity contribution in [2.45, 2.75) is 111 Å². The van der Waals surface area contributed by atoms with Crippen LogP contribution >= 0.6 is 11.3 Å². The van der Waals surface area contributed by atoms with E-state index in [0.717, 1.165) is 30.7 Å². The average Bonchev–Trinajstić information content (AvgIpc) is 3.45. The van der Waals surface area contributed by atoms with Crippen molar-refractivity contribution >= 4 is 41.1 Å². The number of carbonyl (C=O) groups is 5. The summed E-state index contributed by atoms with van der Waals surface area (Å²) in [7, 11) is 1.90. The van der Waals surface area contributed by atoms with E-state index in [9.17, 15) is 29.1 Å². The minimum absolute atomic E-state index is 0.0826. The van der Waals surface area contributed by atoms with Gasteiger partial charge in [0.25, 0.3) is 0 Å². The number of likely N-dealkylation sites (N-methyl/N-ethyl adjacent to an activating group) is 1. The minimum atomic E-state index is -1.20. The van der Waals surface area contributed by atoms with Gasteiger partial charge in [-0.25, -0.2) is 9.78 Å². The molecule has 5 atom stereocenters. The number of piperidine rings is 1. The predicted molar refractivity (Wildman–Crippen MR) is 161 cm³/mol. The summed E-state index contributed by atoms with van der Waals surface area (Å²) < 4.78 is 11.1. The molecule has 1 aromatic heterocycles. The van der Waals surface area contributed by atoms with Crippen LogP contribution in [-0.2, 0) is 28.7 Å². The number of rotatable bonds is 16. The second kappa shape index (κ2) is 17.3. The molecule has 0 spiro atoms. The summed E-state index contributed by atoms with van der Waals surface area (Å²) in [6, 6.07) is -1.85. The Morgan fingerprint density at radius 1 is 1.19 bits per heavy atom. The summed E-state index contributed by atoms with van der Waals surface area (Å²) in [6.07, 6.45) is 3.11. The fourth-order valence-corrected chi connectivity index (χ4v) is 5.97. The molecule has 0 radical (unpaired) electrons. The highest BCUT2D eigenvalue weighted by molar-refractivity contribution is 7.09. The number of hydrogen-bond acceptors (Lipinski definition) is 10. The molecule has 0 saturated carbocycles. The van der Waals surface area contributed by atoms with Gasteiger partial charge in [-0.1, -0.05) is 47.5 Å². The quantitative estimate of drug-likeness (QED) is 0.204. The highest BCUT2D eigenvalue weighted by Crippen LogP contribution is 2.32. The van der Waals surface area contributed by atoms with Crippen LogP contribution in [0.15, 0.2) is 5.38 Å². The molecule has 1 unspecified atom stereocenters. The van der Waals surface area contributed by atoms with Gasteiger partial charge in [0.1, 0.15) is 11.0 Å². The summed E-state index contributed by atoms with van der Waals surface area (Å²) >= 11 is 1.06. The number of nitrogens with one attached hydrogen (secondary N) is 1. The van der Waals surface area contributed by atoms with Crippen molar-refractivity contribution in [1.29, 1.82) is 0 Å². The van der Waals surface area contributed by atoms with Gasteiger partial charge in [0.05, 0.1) is 6.04 Å². The van der Waals surface area contributed by atoms with Crippen molar-refractivity contribution in [3.05, 3.63) is 16.1 Å². The normalized spacial score (nSPS) is 18.3. The fourth-order valence-electron chi connectivity index (χ4n) is 5.13. The van der Waals surface area contributed by atoms with E-state index < -0.39 is 42.0 Å². The fraction of sp³-hybridized carbons (Fsp3) is 0.733. The Morgan fingerprint density at radius 3 is 2.42 bits per heavy atom. The number of aromatic nitrogens is 1. The van der Waals surface area contributed by atoms with E-state index in [-0.39, 0.29) is 49.1 Å². The van der Waals surface area contributed by atoms with Gasteiger partial charge < -0.3 is 24.8 Å². The lowest BCUT2D eigenvalue weighted by atomic mass is 9.92. The maximum absolute atomic E-state index is 14.3. The second-order valence-electron chi connectivity index (χ2n) is 11.6. The molecule has 2 N–H and O–H groups in total. The first-order valence-corrected chi connectivity index (χ1v) is 16.0. The van der Waals surface area contributed by atoms with E-state index in [4.69, 9.17) is 9.47 Å². The summed E-state index contributed by atoms with van der Waals surface area (Å²) in [4.78, 5) is 71.4. The van der Waals surface area contributed by atoms with E-state index >= 15 is 0 Å². The van der Waals surface area contributed by atoms with Gasteiger partial charge in [0, 0.05) is 31.2 Å². The van der Waals surface area contributed by atoms with Crippen LogP contribution in [0.1, 0.15) is 108 Å². The number of ether oxygens (including phenoxy) is 2. The van der Waals surface area contributed by atoms with Gasteiger partial charge >= 0.3 is 17.9 Å². The van der Waals surface area contributed by atoms with Crippen LogP contribution in [-0.4, -0.2) is 88.1 Å². The monoisotopic (exact) mass is 624 g/mol. The lowest BCUT2D eigenvalue weighted by Gasteiger charge is -2.39. The van der Waals surface area contributed by atoms with Crippen molar-refractivity contribution < 1.29 is 38.6 Å². The van der Waals surface area contributed by atoms with Crippen molar-refractivity contribution in [2.24, 2.45) is 11.8 Å². The summed E-state index contributed by atoms with van der Waals surface area (Å²) in [5, 5.41) is 14.1. The Kier molecular flexibility index (Phi) is 14.5. The molecule has 0 aromatic carbocycles. The number of aromatic carboxylic acids is 1. The molecule has 1 aliphatic rings. The van der Waals surface area contributed by atoms with Crippen LogP contribution in [0.25, 0.3) is 0 Å². The third-order valence-corrected chi connectivity index (χ3v) is 8.85. The number of likely N-dealkylation sites (tertiary alicyclic amines) is 1. The molecule has 13 heteroatoms. The Morgan fingerprint density at radius 2 is 1.88 bits per heavy atom. The first-order valence-electron chi connectivity index (χ1n) is 15.1. The van der Waals surface area contributed by atoms with E-state index in [1.165, 1.54) is 17.2 Å². The van der Waals surface area contributed by atoms with Crippen LogP contribution in [0.5, 0.6) is 0 Å². The van der Waals surface area contributed by atoms with Gasteiger partial charge in [-0.3, -0.25) is 24.1 Å². The smallest absolute Gasteiger partial charge is 0.355 e. The standard InChI is InChI=1S/C30H48N4O8S/c1-8-12-25(36)42-24(28-31-21(16-43-28)30(39)40)15-23(18(3)4)34(17-41-20(6)35)29(38)26(19(5)9-2)32-27(37)22-13-10-11-14-33(22)7/h16,18-19,22-24,26H,8-15,17H2,1-7H3,(H,32,37)(H,39,40)/t19-,22?,23+,24+,26-/m0/s1. The third-order valence-electron chi connectivity index (χ3n) is 7.91. The summed E-state index contributed by atoms with van der Waals surface area (Å²) in [5.74, 6) is -3.32. The molecule has 12 nitrogen and oxygen atoms in total. The van der Waals surface area contributed by atoms with Crippen molar-refractivity contribution in [3.63, 3.8) is 0 Å². The maximum atomic E-state index is 14.3. The SMILES string of the molecule is CCCC(=O)O[C@H](C[C@H](C(C)C)N(COC(C)=O)C(=O)[C@@H](NC(=O)C1CCCCN1C)[C@@H](C)CC)c1nc(C(=O)O)cs1. The molecular formula is C30H48N4O8S. The lowest BCUT2D eigenvalue weighted by molar-refractivity contribution is -0.159. The number of carboxylic acids is 1. The zero-order chi connectivity index (χ0) is 32.3. The number of carboxylic acid groups (broad SMARTS) is 1. The van der Waals surface area contributed by atoms with Gasteiger partial charge in [0.15, 0.2) is 18.5 Å². The molecule has 2 heterocycles. The van der Waals surface area contributed by atoms with Gasteiger partial charge in [-0.15, -0.1) is 11.3 Å². The molecule has 0 aliphatic carbocycles. The van der Waals surface area contributed by atoms with Gasteiger partial charge in [-0.2, -0.15) is 0 Å². The topological polar surface area (TPSA) is 155 Å². The van der Waals surface area contributed by atoms with E-state index in [1.54, 1.807) is 0 Å². The number of hydrogen-bond donors (Lipinski definition) is 2. The number of nitrogens with zero attached hydrogens (tertiary/aromatic N) is 3. The number of thiazole rings is 1. The number of esters is 2. The molecule has 1 saturated heterocycles. The largest absolute Gasteiger partial charge is 0.476 e. The van der Waals surface area contributed by atoms with Crippen LogP contribution in [0, 0.1) is 11.8 Å². The molecule has 0 bridgehead atoms. The van der Waals surface area contributed by atoms with Crippen LogP contribution < -0.4 is 5.32 Å². The second-order valence-corrected chi connectivity index (χ2v) is 12.5. The first kappa shape index (κ1) is 36.1. The Labute approximate surface area is 258 Å². The molecule has 43 heavy (non-hydrogen) atoms. The van der Waals surface area contributed by atoms with Gasteiger partial charge in [-0.05, 0) is 44.7 Å². The van der Waals surface area contributed by atoms with Crippen molar-refractivity contribution in [2.75, 3.05) is 20.3 Å². The van der Waals surface area contributed by atoms with Crippen molar-refractivity contribution in [3.8, 4) is 0 Å². The number of carbonyl (C=O) groups excluding carboxylic acids is 4. The first-order chi connectivity index (χ1) is 20.3. The molecule has 1 aliphatic heterocycles. The van der Waals surface area contributed by atoms with Crippen LogP contribution in [0.4, 0.5) is 0 Å². The third kappa shape index (κ3) is 10.6. The van der Waals surface area contributed by atoms with E-state index in [0.29, 0.717) is 24.3 Å². The summed E-state index contributed by atoms with van der Waals surface area (Å²) in [6.45, 7) is 11.1. The molecule has 1 fully saturated rings. The Balaban J connectivity index is 2.48. The van der Waals surface area contributed by atoms with Crippen molar-refractivity contribution in [1.82, 2.24) is 20.1 Å². The Bertz CT molecular complexity index is 1110. The highest BCUT2D eigenvalue weighted by atomic mass is 32.1. The van der Waals surface area contributed by atoms with Gasteiger partial charge in [0.2, 0.25) is 11.8 Å². The molecule has 1 aromatic rings. The number of amides is 2.